The Hall–Kier alpha value is -2.37. The van der Waals surface area contributed by atoms with E-state index < -0.39 is 5.97 Å². The molecule has 2 heterocycles. The minimum atomic E-state index is -0.417. The van der Waals surface area contributed by atoms with Gasteiger partial charge in [-0.15, -0.1) is 11.3 Å². The molecule has 0 saturated heterocycles. The van der Waals surface area contributed by atoms with Crippen molar-refractivity contribution in [1.82, 2.24) is 4.57 Å². The van der Waals surface area contributed by atoms with E-state index in [2.05, 4.69) is 0 Å². The van der Waals surface area contributed by atoms with Gasteiger partial charge < -0.3 is 9.30 Å². The first-order valence-corrected chi connectivity index (χ1v) is 10.4. The van der Waals surface area contributed by atoms with Gasteiger partial charge in [0, 0.05) is 32.5 Å². The largest absolute Gasteiger partial charge is 0.453 e. The first-order valence-electron chi connectivity index (χ1n) is 9.21. The Morgan fingerprint density at radius 1 is 1.14 bits per heavy atom. The van der Waals surface area contributed by atoms with Crippen molar-refractivity contribution in [2.75, 3.05) is 6.61 Å². The molecule has 144 valence electrons. The van der Waals surface area contributed by atoms with Crippen LogP contribution in [0.4, 0.5) is 0 Å². The molecule has 0 radical (unpaired) electrons. The zero-order valence-corrected chi connectivity index (χ0v) is 17.3. The molecule has 4 rings (SSSR count). The number of halogens is 1. The highest BCUT2D eigenvalue weighted by molar-refractivity contribution is 7.14. The Morgan fingerprint density at radius 3 is 2.61 bits per heavy atom. The van der Waals surface area contributed by atoms with E-state index in [-0.39, 0.29) is 12.4 Å². The number of aromatic nitrogens is 1. The lowest BCUT2D eigenvalue weighted by atomic mass is 10.1. The van der Waals surface area contributed by atoms with E-state index in [1.165, 1.54) is 21.8 Å². The van der Waals surface area contributed by atoms with E-state index in [9.17, 15) is 9.59 Å². The number of ketones is 1. The number of esters is 1. The summed E-state index contributed by atoms with van der Waals surface area (Å²) in [5.41, 5.74) is 4.49. The first kappa shape index (κ1) is 19.0. The van der Waals surface area contributed by atoms with Crippen molar-refractivity contribution in [3.8, 4) is 5.69 Å². The highest BCUT2D eigenvalue weighted by Gasteiger charge is 2.22. The molecule has 3 aromatic rings. The second-order valence-corrected chi connectivity index (χ2v) is 8.58. The molecular formula is C22H20ClNO3S. The molecule has 0 aliphatic heterocycles. The molecule has 0 fully saturated rings. The number of benzene rings is 1. The van der Waals surface area contributed by atoms with E-state index in [0.717, 1.165) is 36.3 Å². The minimum Gasteiger partial charge on any atom is -0.453 e. The highest BCUT2D eigenvalue weighted by atomic mass is 35.5. The van der Waals surface area contributed by atoms with Gasteiger partial charge in [0.2, 0.25) is 5.78 Å². The Kier molecular flexibility index (Phi) is 5.13. The van der Waals surface area contributed by atoms with Crippen molar-refractivity contribution in [3.05, 3.63) is 73.7 Å². The number of thiophene rings is 1. The summed E-state index contributed by atoms with van der Waals surface area (Å²) in [5.74, 6) is -0.620. The van der Waals surface area contributed by atoms with Gasteiger partial charge in [0.15, 0.2) is 6.61 Å². The number of hydrogen-bond acceptors (Lipinski definition) is 4. The molecule has 0 amide bonds. The Bertz CT molecular complexity index is 1040. The van der Waals surface area contributed by atoms with Gasteiger partial charge in [0.05, 0.1) is 0 Å². The van der Waals surface area contributed by atoms with Gasteiger partial charge >= 0.3 is 5.97 Å². The molecule has 4 nitrogen and oxygen atoms in total. The number of nitrogens with zero attached hydrogens (tertiary/aromatic N) is 1. The van der Waals surface area contributed by atoms with Crippen LogP contribution in [-0.4, -0.2) is 22.9 Å². The van der Waals surface area contributed by atoms with Crippen molar-refractivity contribution < 1.29 is 14.3 Å². The van der Waals surface area contributed by atoms with Gasteiger partial charge in [-0.2, -0.15) is 0 Å². The fourth-order valence-electron chi connectivity index (χ4n) is 3.74. The van der Waals surface area contributed by atoms with E-state index in [0.29, 0.717) is 15.5 Å². The van der Waals surface area contributed by atoms with Crippen LogP contribution in [0.3, 0.4) is 0 Å². The normalized spacial score (nSPS) is 12.8. The van der Waals surface area contributed by atoms with Gasteiger partial charge in [0.1, 0.15) is 4.88 Å². The molecule has 0 spiro atoms. The number of carbonyl (C=O) groups excluding carboxylic acids is 2. The lowest BCUT2D eigenvalue weighted by molar-refractivity contribution is 0.0479. The second-order valence-electron chi connectivity index (χ2n) is 7.01. The molecule has 0 bridgehead atoms. The quantitative estimate of drug-likeness (QED) is 0.419. The monoisotopic (exact) mass is 413 g/mol. The molecule has 0 N–H and O–H groups in total. The molecule has 0 unspecified atom stereocenters. The fourth-order valence-corrected chi connectivity index (χ4v) is 5.02. The Balaban J connectivity index is 1.48. The van der Waals surface area contributed by atoms with E-state index >= 15 is 0 Å². The van der Waals surface area contributed by atoms with Crippen LogP contribution in [0.25, 0.3) is 5.69 Å². The van der Waals surface area contributed by atoms with E-state index in [1.807, 2.05) is 54.8 Å². The molecule has 1 aliphatic rings. The van der Waals surface area contributed by atoms with Crippen LogP contribution in [0.1, 0.15) is 48.3 Å². The van der Waals surface area contributed by atoms with Crippen molar-refractivity contribution in [2.24, 2.45) is 0 Å². The van der Waals surface area contributed by atoms with Crippen molar-refractivity contribution in [3.63, 3.8) is 0 Å². The minimum absolute atomic E-state index is 0.203. The third-order valence-electron chi connectivity index (χ3n) is 5.10. The average molecular weight is 414 g/mol. The van der Waals surface area contributed by atoms with Crippen molar-refractivity contribution >= 4 is 34.7 Å². The second kappa shape index (κ2) is 7.57. The molecule has 28 heavy (non-hydrogen) atoms. The summed E-state index contributed by atoms with van der Waals surface area (Å²) in [4.78, 5) is 26.9. The zero-order valence-electron chi connectivity index (χ0n) is 15.8. The lowest BCUT2D eigenvalue weighted by Crippen LogP contribution is -2.14. The predicted molar refractivity (Wildman–Crippen MR) is 111 cm³/mol. The maximum absolute atomic E-state index is 12.7. The van der Waals surface area contributed by atoms with Crippen LogP contribution in [0, 0.1) is 13.8 Å². The average Bonchev–Trinajstić information content (AvgIpc) is 3.34. The highest BCUT2D eigenvalue weighted by Crippen LogP contribution is 2.31. The number of ether oxygens (including phenoxy) is 1. The van der Waals surface area contributed by atoms with E-state index in [4.69, 9.17) is 16.3 Å². The summed E-state index contributed by atoms with van der Waals surface area (Å²) in [6.45, 7) is 3.57. The van der Waals surface area contributed by atoms with Crippen LogP contribution in [0.5, 0.6) is 0 Å². The Morgan fingerprint density at radius 2 is 1.89 bits per heavy atom. The zero-order chi connectivity index (χ0) is 19.8. The number of Topliss-reactive ketones (excluding diaryl/α,β-unsaturated/α-hetero) is 1. The smallest absolute Gasteiger partial charge is 0.348 e. The van der Waals surface area contributed by atoms with E-state index in [1.54, 1.807) is 0 Å². The number of carbonyl (C=O) groups is 2. The molecule has 6 heteroatoms. The number of rotatable bonds is 5. The van der Waals surface area contributed by atoms with Gasteiger partial charge in [-0.1, -0.05) is 11.6 Å². The molecule has 0 atom stereocenters. The third-order valence-corrected chi connectivity index (χ3v) is 6.57. The summed E-state index contributed by atoms with van der Waals surface area (Å²) in [6, 6.07) is 11.2. The van der Waals surface area contributed by atoms with Crippen LogP contribution in [-0.2, 0) is 17.6 Å². The van der Waals surface area contributed by atoms with Crippen molar-refractivity contribution in [1.29, 1.82) is 0 Å². The number of fused-ring (bicyclic) bond motifs is 1. The lowest BCUT2D eigenvalue weighted by Gasteiger charge is -2.10. The summed E-state index contributed by atoms with van der Waals surface area (Å²) in [5, 5.41) is 0.661. The van der Waals surface area contributed by atoms with Gasteiger partial charge in [0.25, 0.3) is 0 Å². The molecule has 2 aromatic heterocycles. The van der Waals surface area contributed by atoms with Crippen molar-refractivity contribution in [2.45, 2.75) is 33.1 Å². The number of hydrogen-bond donors (Lipinski definition) is 0. The molecule has 1 aromatic carbocycles. The van der Waals surface area contributed by atoms with Crippen LogP contribution < -0.4 is 0 Å². The van der Waals surface area contributed by atoms with Gasteiger partial charge in [-0.05, 0) is 75.1 Å². The topological polar surface area (TPSA) is 48.3 Å². The maximum Gasteiger partial charge on any atom is 0.348 e. The molecular weight excluding hydrogens is 394 g/mol. The SMILES string of the molecule is Cc1cc(C(=O)COC(=O)c2cc3c(s2)CCC3)c(C)n1-c1ccc(Cl)cc1. The fraction of sp³-hybridized carbons (Fsp3) is 0.273. The predicted octanol–water partition coefficient (Wildman–Crippen LogP) is 5.34. The molecule has 0 saturated carbocycles. The van der Waals surface area contributed by atoms with Gasteiger partial charge in [-0.3, -0.25) is 4.79 Å². The van der Waals surface area contributed by atoms with Crippen LogP contribution in [0.2, 0.25) is 5.02 Å². The number of aryl methyl sites for hydroxylation is 3. The van der Waals surface area contributed by atoms with Gasteiger partial charge in [-0.25, -0.2) is 4.79 Å². The van der Waals surface area contributed by atoms with Crippen LogP contribution >= 0.6 is 22.9 Å². The maximum atomic E-state index is 12.7. The summed E-state index contributed by atoms with van der Waals surface area (Å²) in [6.07, 6.45) is 3.20. The molecule has 1 aliphatic carbocycles. The van der Waals surface area contributed by atoms with Crippen LogP contribution in [0.15, 0.2) is 36.4 Å². The first-order chi connectivity index (χ1) is 13.4. The Labute approximate surface area is 172 Å². The summed E-state index contributed by atoms with van der Waals surface area (Å²) in [7, 11) is 0. The third kappa shape index (κ3) is 3.52. The summed E-state index contributed by atoms with van der Waals surface area (Å²) >= 11 is 7.45. The standard InChI is InChI=1S/C22H20ClNO3S/c1-13-10-18(14(2)24(13)17-8-6-16(23)7-9-17)19(25)12-27-22(26)21-11-15-4-3-5-20(15)28-21/h6-11H,3-5,12H2,1-2H3. The summed E-state index contributed by atoms with van der Waals surface area (Å²) < 4.78 is 7.30.